The summed E-state index contributed by atoms with van der Waals surface area (Å²) >= 11 is 5.91. The molecular weight excluding hydrogens is 662 g/mol. The first-order valence-electron chi connectivity index (χ1n) is 11.6. The third kappa shape index (κ3) is 9.43. The van der Waals surface area contributed by atoms with Gasteiger partial charge in [-0.3, -0.25) is 4.72 Å². The normalized spacial score (nSPS) is 10.6. The van der Waals surface area contributed by atoms with E-state index in [0.717, 1.165) is 18.4 Å². The number of azo groups is 1. The molecule has 0 saturated heterocycles. The number of hydrogen-bond donors (Lipinski definition) is 4. The van der Waals surface area contributed by atoms with Crippen LogP contribution < -0.4 is 14.6 Å². The molecule has 12 nitrogen and oxygen atoms in total. The highest BCUT2D eigenvalue weighted by atomic mass is 35.5. The third-order valence-electron chi connectivity index (χ3n) is 4.98. The van der Waals surface area contributed by atoms with Crippen molar-refractivity contribution in [3.63, 3.8) is 0 Å². The van der Waals surface area contributed by atoms with Crippen LogP contribution in [0.25, 0.3) is 10.8 Å². The van der Waals surface area contributed by atoms with Gasteiger partial charge >= 0.3 is 0 Å². The number of primary sulfonamides is 1. The van der Waals surface area contributed by atoms with Crippen LogP contribution in [0, 0.1) is 71.7 Å². The van der Waals surface area contributed by atoms with Gasteiger partial charge in [0.05, 0.1) is 28.3 Å². The molecule has 0 amide bonds. The number of hydrogen-bond acceptors (Lipinski definition) is 9. The maximum Gasteiger partial charge on any atom is 0.272 e. The van der Waals surface area contributed by atoms with Crippen LogP contribution in [0.3, 0.4) is 0 Å². The molecule has 224 valence electrons. The minimum Gasteiger partial charge on any atom is -0.506 e. The second-order valence-corrected chi connectivity index (χ2v) is 13.5. The molecule has 0 radical (unpaired) electrons. The molecule has 0 heterocycles. The Hall–Kier alpha value is -5.62. The van der Waals surface area contributed by atoms with E-state index in [1.54, 1.807) is 0 Å². The summed E-state index contributed by atoms with van der Waals surface area (Å²) in [5.41, 5.74) is -0.362. The number of aromatic hydroxyl groups is 1. The summed E-state index contributed by atoms with van der Waals surface area (Å²) in [7, 11) is -12.6. The summed E-state index contributed by atoms with van der Waals surface area (Å²) in [6.07, 6.45) is 5.83. The molecule has 0 aliphatic rings. The number of nitrogens with one attached hydrogen (secondary N) is 2. The maximum atomic E-state index is 13.1. The quantitative estimate of drug-likeness (QED) is 0.167. The molecule has 3 aromatic rings. The van der Waals surface area contributed by atoms with Crippen LogP contribution in [0.2, 0.25) is 5.02 Å². The van der Waals surface area contributed by atoms with Gasteiger partial charge in [0.25, 0.3) is 10.0 Å². The minimum absolute atomic E-state index is 0.0346. The molecule has 0 atom stereocenters. The molecule has 5 N–H and O–H groups in total. The van der Waals surface area contributed by atoms with E-state index in [4.69, 9.17) is 23.2 Å². The minimum atomic E-state index is -4.56. The fraction of sp³-hybridized carbons (Fsp3) is 0.0345. The number of nitrogens with zero attached hydrogens (tertiary/aromatic N) is 2. The van der Waals surface area contributed by atoms with Crippen molar-refractivity contribution in [2.75, 3.05) is 11.0 Å². The van der Waals surface area contributed by atoms with Gasteiger partial charge in [0.1, 0.15) is 15.5 Å². The number of nitrogens with two attached hydrogens (primary N) is 1. The number of fused-ring (bicyclic) bond motifs is 1. The van der Waals surface area contributed by atoms with Gasteiger partial charge in [-0.05, 0) is 59.9 Å². The summed E-state index contributed by atoms with van der Waals surface area (Å²) < 4.78 is 78.2. The predicted octanol–water partition coefficient (Wildman–Crippen LogP) is 2.52. The summed E-state index contributed by atoms with van der Waals surface area (Å²) in [5, 5.41) is 23.8. The second kappa shape index (κ2) is 14.2. The van der Waals surface area contributed by atoms with Crippen molar-refractivity contribution in [3.05, 3.63) is 47.5 Å². The average Bonchev–Trinajstić information content (AvgIpc) is 2.95. The van der Waals surface area contributed by atoms with Crippen LogP contribution >= 0.6 is 11.6 Å². The number of sulfonamides is 3. The fourth-order valence-corrected chi connectivity index (χ4v) is 5.87. The number of anilines is 1. The molecule has 0 unspecified atom stereocenters. The Kier molecular flexibility index (Phi) is 10.7. The zero-order chi connectivity index (χ0) is 33.3. The van der Waals surface area contributed by atoms with Crippen LogP contribution in [0.1, 0.15) is 0 Å². The molecule has 0 spiro atoms. The van der Waals surface area contributed by atoms with Crippen molar-refractivity contribution in [1.82, 2.24) is 4.72 Å². The van der Waals surface area contributed by atoms with Crippen molar-refractivity contribution in [2.24, 2.45) is 15.4 Å². The lowest BCUT2D eigenvalue weighted by atomic mass is 10.1. The zero-order valence-electron chi connectivity index (χ0n) is 22.6. The molecule has 0 aromatic heterocycles. The van der Waals surface area contributed by atoms with Crippen LogP contribution in [-0.2, 0) is 30.1 Å². The van der Waals surface area contributed by atoms with Crippen molar-refractivity contribution >= 4 is 69.5 Å². The lowest BCUT2D eigenvalue weighted by Crippen LogP contribution is -2.18. The lowest BCUT2D eigenvalue weighted by molar-refractivity contribution is 0.465. The molecule has 0 saturated carbocycles. The van der Waals surface area contributed by atoms with E-state index >= 15 is 0 Å². The monoisotopic (exact) mass is 677 g/mol. The highest BCUT2D eigenvalue weighted by Gasteiger charge is 2.24. The SMILES string of the molecule is C#CC#CC#CC#CC#CC#CNS(=O)(=O)c1cc(N=Nc2ccc(Cl)c(S(N)(=O)=O)c2)c2c(NS(C)(=O)=O)cccc2c1O. The topological polar surface area (TPSA) is 197 Å². The summed E-state index contributed by atoms with van der Waals surface area (Å²) in [5.74, 6) is 22.2. The molecule has 3 rings (SSSR count). The van der Waals surface area contributed by atoms with E-state index in [1.807, 2.05) is 4.72 Å². The Bertz CT molecular complexity index is 2470. The first-order chi connectivity index (χ1) is 21.1. The van der Waals surface area contributed by atoms with E-state index < -0.39 is 45.6 Å². The third-order valence-corrected chi connectivity index (χ3v) is 8.22. The highest BCUT2D eigenvalue weighted by Crippen LogP contribution is 2.43. The van der Waals surface area contributed by atoms with Crippen LogP contribution in [0.15, 0.2) is 62.5 Å². The van der Waals surface area contributed by atoms with Gasteiger partial charge in [-0.1, -0.05) is 23.7 Å². The number of phenolic OH excluding ortho intramolecular Hbond substituents is 1. The van der Waals surface area contributed by atoms with Gasteiger partial charge < -0.3 is 5.11 Å². The van der Waals surface area contributed by atoms with E-state index in [9.17, 15) is 30.4 Å². The van der Waals surface area contributed by atoms with Crippen LogP contribution in [0.4, 0.5) is 17.1 Å². The number of terminal acetylenes is 1. The van der Waals surface area contributed by atoms with E-state index in [-0.39, 0.29) is 32.9 Å². The Morgan fingerprint density at radius 1 is 0.844 bits per heavy atom. The lowest BCUT2D eigenvalue weighted by Gasteiger charge is -2.14. The van der Waals surface area contributed by atoms with Crippen LogP contribution in [-0.4, -0.2) is 36.6 Å². The Labute approximate surface area is 264 Å². The van der Waals surface area contributed by atoms with Gasteiger partial charge in [0.15, 0.2) is 0 Å². The van der Waals surface area contributed by atoms with Crippen molar-refractivity contribution in [2.45, 2.75) is 9.79 Å². The van der Waals surface area contributed by atoms with Crippen molar-refractivity contribution < 1.29 is 30.4 Å². The van der Waals surface area contributed by atoms with Crippen LogP contribution in [0.5, 0.6) is 5.75 Å². The van der Waals surface area contributed by atoms with E-state index in [2.05, 4.69) is 80.2 Å². The number of rotatable bonds is 7. The maximum absolute atomic E-state index is 13.1. The summed E-state index contributed by atoms with van der Waals surface area (Å²) in [6.45, 7) is 0. The number of benzene rings is 3. The zero-order valence-corrected chi connectivity index (χ0v) is 25.8. The molecule has 45 heavy (non-hydrogen) atoms. The number of phenols is 1. The Morgan fingerprint density at radius 3 is 2.07 bits per heavy atom. The van der Waals surface area contributed by atoms with Gasteiger partial charge in [-0.2, -0.15) is 5.11 Å². The second-order valence-electron chi connectivity index (χ2n) is 8.20. The molecule has 0 aliphatic heterocycles. The molecule has 0 fully saturated rings. The van der Waals surface area contributed by atoms with Crippen molar-refractivity contribution in [3.8, 4) is 77.4 Å². The molecule has 3 aromatic carbocycles. The van der Waals surface area contributed by atoms with Gasteiger partial charge in [0.2, 0.25) is 20.0 Å². The van der Waals surface area contributed by atoms with Gasteiger partial charge in [-0.25, -0.2) is 35.1 Å². The Morgan fingerprint density at radius 2 is 1.47 bits per heavy atom. The highest BCUT2D eigenvalue weighted by molar-refractivity contribution is 7.92. The molecule has 16 heteroatoms. The van der Waals surface area contributed by atoms with Crippen molar-refractivity contribution in [1.29, 1.82) is 0 Å². The van der Waals surface area contributed by atoms with Gasteiger partial charge in [-0.15, -0.1) is 11.5 Å². The molecule has 0 bridgehead atoms. The average molecular weight is 678 g/mol. The van der Waals surface area contributed by atoms with E-state index in [1.165, 1.54) is 30.3 Å². The van der Waals surface area contributed by atoms with E-state index in [0.29, 0.717) is 0 Å². The standard InChI is InChI=1S/C29H16ClN5O7S3/c1-3-4-5-6-7-8-9-10-11-12-18-32-45(41,42)27-20-25(34-33-21-16-17-23(30)26(19-21)44(31,39)40)28-22(29(27)36)14-13-15-24(28)35-43(2,37)38/h1,13-17,19-20,32,35-36H,2H3,(H2,31,39,40). The first kappa shape index (κ1) is 33.9. The summed E-state index contributed by atoms with van der Waals surface area (Å²) in [4.78, 5) is -1.15. The first-order valence-corrected chi connectivity index (χ1v) is 16.9. The fourth-order valence-electron chi connectivity index (χ4n) is 3.31. The summed E-state index contributed by atoms with van der Waals surface area (Å²) in [6, 6.07) is 10.6. The molecule has 0 aliphatic carbocycles. The van der Waals surface area contributed by atoms with Gasteiger partial charge in [0, 0.05) is 46.4 Å². The smallest absolute Gasteiger partial charge is 0.272 e. The predicted molar refractivity (Wildman–Crippen MR) is 169 cm³/mol. The number of halogens is 1. The largest absolute Gasteiger partial charge is 0.506 e. The molecular formula is C29H16ClN5O7S3. The Balaban J connectivity index is 2.13.